The van der Waals surface area contributed by atoms with Crippen LogP contribution in [0.4, 0.5) is 4.79 Å². The Labute approximate surface area is 187 Å². The number of carbonyl (C=O) groups excluding carboxylic acids is 2. The first-order valence-corrected chi connectivity index (χ1v) is 11.0. The van der Waals surface area contributed by atoms with Gasteiger partial charge >= 0.3 is 12.1 Å². The largest absolute Gasteiger partial charge is 0.481 e. The molecule has 1 atom stereocenters. The van der Waals surface area contributed by atoms with Gasteiger partial charge in [-0.3, -0.25) is 9.59 Å². The molecule has 3 N–H and O–H groups in total. The lowest BCUT2D eigenvalue weighted by molar-refractivity contribution is -0.139. The molecule has 7 heteroatoms. The minimum atomic E-state index is -0.779. The zero-order chi connectivity index (χ0) is 22.7. The highest BCUT2D eigenvalue weighted by Crippen LogP contribution is 2.44. The average Bonchev–Trinajstić information content (AvgIpc) is 3.07. The van der Waals surface area contributed by atoms with Gasteiger partial charge in [0.1, 0.15) is 12.6 Å². The van der Waals surface area contributed by atoms with Gasteiger partial charge in [-0.05, 0) is 53.9 Å². The Morgan fingerprint density at radius 3 is 2.19 bits per heavy atom. The second kappa shape index (κ2) is 9.42. The Bertz CT molecular complexity index is 969. The number of carbonyl (C=O) groups is 3. The van der Waals surface area contributed by atoms with Gasteiger partial charge < -0.3 is 20.5 Å². The lowest BCUT2D eigenvalue weighted by atomic mass is 9.73. The number of hydrogen-bond acceptors (Lipinski definition) is 4. The van der Waals surface area contributed by atoms with Crippen molar-refractivity contribution in [3.63, 3.8) is 0 Å². The molecule has 0 radical (unpaired) electrons. The van der Waals surface area contributed by atoms with E-state index in [1.165, 1.54) is 0 Å². The minimum absolute atomic E-state index is 0.0327. The zero-order valence-corrected chi connectivity index (χ0v) is 18.0. The molecule has 2 aromatic rings. The molecule has 1 saturated carbocycles. The molecule has 2 amide bonds. The lowest BCUT2D eigenvalue weighted by Gasteiger charge is -2.34. The van der Waals surface area contributed by atoms with E-state index >= 15 is 0 Å². The summed E-state index contributed by atoms with van der Waals surface area (Å²) in [5, 5.41) is 14.2. The highest BCUT2D eigenvalue weighted by Gasteiger charge is 2.32. The summed E-state index contributed by atoms with van der Waals surface area (Å²) in [5.74, 6) is -0.594. The van der Waals surface area contributed by atoms with Crippen LogP contribution in [0.3, 0.4) is 0 Å². The van der Waals surface area contributed by atoms with E-state index in [0.717, 1.165) is 35.1 Å². The molecular formula is C25H28N2O5. The number of nitrogens with one attached hydrogen (secondary N) is 2. The van der Waals surface area contributed by atoms with Crippen LogP contribution < -0.4 is 10.6 Å². The maximum absolute atomic E-state index is 12.3. The van der Waals surface area contributed by atoms with Gasteiger partial charge in [-0.1, -0.05) is 48.5 Å². The fourth-order valence-electron chi connectivity index (χ4n) is 4.73. The highest BCUT2D eigenvalue weighted by atomic mass is 16.5. The molecule has 2 aliphatic rings. The molecule has 0 heterocycles. The van der Waals surface area contributed by atoms with Crippen LogP contribution in [0.25, 0.3) is 11.1 Å². The van der Waals surface area contributed by atoms with Crippen LogP contribution in [-0.2, 0) is 14.3 Å². The van der Waals surface area contributed by atoms with Crippen LogP contribution in [0.5, 0.6) is 0 Å². The second-order valence-electron chi connectivity index (χ2n) is 8.74. The van der Waals surface area contributed by atoms with Crippen LogP contribution in [-0.4, -0.2) is 42.3 Å². The SMILES string of the molecule is CC(NC(=O)OCC1c2ccccc2-c2ccccc21)C(=O)NCC1CC(CC(=O)O)C1. The van der Waals surface area contributed by atoms with E-state index in [2.05, 4.69) is 34.9 Å². The number of fused-ring (bicyclic) bond motifs is 3. The molecule has 0 aliphatic heterocycles. The first-order chi connectivity index (χ1) is 15.4. The van der Waals surface area contributed by atoms with Crippen LogP contribution in [0.2, 0.25) is 0 Å². The lowest BCUT2D eigenvalue weighted by Crippen LogP contribution is -2.47. The number of ether oxygens (including phenoxy) is 1. The third-order valence-electron chi connectivity index (χ3n) is 6.43. The number of benzene rings is 2. The second-order valence-corrected chi connectivity index (χ2v) is 8.74. The molecule has 32 heavy (non-hydrogen) atoms. The molecule has 2 aliphatic carbocycles. The third kappa shape index (κ3) is 4.77. The summed E-state index contributed by atoms with van der Waals surface area (Å²) in [6.45, 7) is 2.30. The fourth-order valence-corrected chi connectivity index (χ4v) is 4.73. The molecule has 4 rings (SSSR count). The number of carboxylic acid groups (broad SMARTS) is 1. The van der Waals surface area contributed by atoms with Crippen molar-refractivity contribution >= 4 is 18.0 Å². The molecule has 7 nitrogen and oxygen atoms in total. The van der Waals surface area contributed by atoms with Crippen LogP contribution in [0.15, 0.2) is 48.5 Å². The minimum Gasteiger partial charge on any atom is -0.481 e. The van der Waals surface area contributed by atoms with Crippen molar-refractivity contribution in [3.05, 3.63) is 59.7 Å². The van der Waals surface area contributed by atoms with Crippen molar-refractivity contribution in [1.29, 1.82) is 0 Å². The Balaban J connectivity index is 1.23. The summed E-state index contributed by atoms with van der Waals surface area (Å²) in [4.78, 5) is 35.3. The Hall–Kier alpha value is -3.35. The predicted molar refractivity (Wildman–Crippen MR) is 119 cm³/mol. The van der Waals surface area contributed by atoms with Crippen LogP contribution >= 0.6 is 0 Å². The average molecular weight is 437 g/mol. The van der Waals surface area contributed by atoms with E-state index in [0.29, 0.717) is 12.5 Å². The first-order valence-electron chi connectivity index (χ1n) is 11.0. The summed E-state index contributed by atoms with van der Waals surface area (Å²) in [6.07, 6.45) is 1.17. The van der Waals surface area contributed by atoms with E-state index < -0.39 is 18.1 Å². The molecule has 1 fully saturated rings. The fraction of sp³-hybridized carbons (Fsp3) is 0.400. The van der Waals surface area contributed by atoms with Gasteiger partial charge in [-0.2, -0.15) is 0 Å². The summed E-state index contributed by atoms with van der Waals surface area (Å²) >= 11 is 0. The van der Waals surface area contributed by atoms with Gasteiger partial charge in [-0.25, -0.2) is 4.79 Å². The summed E-state index contributed by atoms with van der Waals surface area (Å²) in [6, 6.07) is 15.5. The standard InChI is InChI=1S/C25H28N2O5/c1-15(24(30)26-13-17-10-16(11-17)12-23(28)29)27-25(31)32-14-22-20-8-4-2-6-18(20)19-7-3-5-9-21(19)22/h2-9,15-17,22H,10-14H2,1H3,(H,26,30)(H,27,31)(H,28,29). The van der Waals surface area contributed by atoms with E-state index in [9.17, 15) is 14.4 Å². The molecular weight excluding hydrogens is 408 g/mol. The molecule has 0 bridgehead atoms. The van der Waals surface area contributed by atoms with Crippen LogP contribution in [0.1, 0.15) is 43.2 Å². The summed E-state index contributed by atoms with van der Waals surface area (Å²) in [7, 11) is 0. The van der Waals surface area contributed by atoms with Crippen molar-refractivity contribution < 1.29 is 24.2 Å². The number of alkyl carbamates (subject to hydrolysis) is 1. The van der Waals surface area contributed by atoms with E-state index in [1.807, 2.05) is 24.3 Å². The number of carboxylic acids is 1. The summed E-state index contributed by atoms with van der Waals surface area (Å²) < 4.78 is 5.48. The first kappa shape index (κ1) is 21.9. The number of hydrogen-bond donors (Lipinski definition) is 3. The molecule has 0 aromatic heterocycles. The monoisotopic (exact) mass is 436 g/mol. The smallest absolute Gasteiger partial charge is 0.407 e. The van der Waals surface area contributed by atoms with Gasteiger partial charge in [0.05, 0.1) is 0 Å². The van der Waals surface area contributed by atoms with E-state index in [-0.39, 0.29) is 30.8 Å². The Morgan fingerprint density at radius 2 is 1.59 bits per heavy atom. The highest BCUT2D eigenvalue weighted by molar-refractivity contribution is 5.85. The van der Waals surface area contributed by atoms with Crippen molar-refractivity contribution in [2.45, 2.75) is 38.1 Å². The van der Waals surface area contributed by atoms with Crippen molar-refractivity contribution in [2.24, 2.45) is 11.8 Å². The predicted octanol–water partition coefficient (Wildman–Crippen LogP) is 3.53. The number of aliphatic carboxylic acids is 1. The third-order valence-corrected chi connectivity index (χ3v) is 6.43. The normalized spacial score (nSPS) is 19.8. The zero-order valence-electron chi connectivity index (χ0n) is 18.0. The van der Waals surface area contributed by atoms with Crippen LogP contribution in [0, 0.1) is 11.8 Å². The summed E-state index contributed by atoms with van der Waals surface area (Å²) in [5.41, 5.74) is 4.58. The van der Waals surface area contributed by atoms with Crippen molar-refractivity contribution in [1.82, 2.24) is 10.6 Å². The quantitative estimate of drug-likeness (QED) is 0.587. The molecule has 2 aromatic carbocycles. The topological polar surface area (TPSA) is 105 Å². The van der Waals surface area contributed by atoms with Gasteiger partial charge in [0.15, 0.2) is 0 Å². The van der Waals surface area contributed by atoms with E-state index in [4.69, 9.17) is 9.84 Å². The van der Waals surface area contributed by atoms with Gasteiger partial charge in [0.25, 0.3) is 0 Å². The molecule has 0 spiro atoms. The van der Waals surface area contributed by atoms with Gasteiger partial charge in [0, 0.05) is 18.9 Å². The van der Waals surface area contributed by atoms with Crippen molar-refractivity contribution in [2.75, 3.05) is 13.2 Å². The van der Waals surface area contributed by atoms with E-state index in [1.54, 1.807) is 6.92 Å². The Kier molecular flexibility index (Phi) is 6.44. The Morgan fingerprint density at radius 1 is 1.00 bits per heavy atom. The maximum atomic E-state index is 12.3. The number of amides is 2. The molecule has 0 saturated heterocycles. The van der Waals surface area contributed by atoms with Gasteiger partial charge in [0.2, 0.25) is 5.91 Å². The number of rotatable bonds is 8. The molecule has 168 valence electrons. The van der Waals surface area contributed by atoms with Gasteiger partial charge in [-0.15, -0.1) is 0 Å². The molecule has 1 unspecified atom stereocenters. The van der Waals surface area contributed by atoms with Crippen molar-refractivity contribution in [3.8, 4) is 11.1 Å². The maximum Gasteiger partial charge on any atom is 0.407 e.